The van der Waals surface area contributed by atoms with Crippen LogP contribution in [-0.2, 0) is 7.56 Å². The maximum atomic E-state index is 8.01. The molecule has 0 unspecified atom stereocenters. The van der Waals surface area contributed by atoms with Crippen LogP contribution in [-0.4, -0.2) is 51.6 Å². The Morgan fingerprint density at radius 3 is 0.911 bits per heavy atom. The van der Waals surface area contributed by atoms with Gasteiger partial charge in [0.15, 0.2) is 0 Å². The molecule has 0 spiro atoms. The Labute approximate surface area is 296 Å². The van der Waals surface area contributed by atoms with Gasteiger partial charge in [-0.25, -0.2) is 0 Å². The van der Waals surface area contributed by atoms with Crippen LogP contribution in [0.3, 0.4) is 0 Å². The first-order valence-corrected chi connectivity index (χ1v) is 33.5. The minimum atomic E-state index is -3.77. The minimum absolute atomic E-state index is 0.525. The predicted octanol–water partition coefficient (Wildman–Crippen LogP) is 14.7. The molecule has 0 saturated carbocycles. The monoisotopic (exact) mass is 854 g/mol. The standard InChI is InChI=1S/4C8H17.2C4H9O.O.2Sn/c4*1-3-5-7-8-6-4-2;2*1-4(2)3-5;;;/h4*1,3-8H2,2H3;2*4H,3H2,1-2H3;;;/q;;;;2*-1;;;+2. The molecule has 272 valence electrons. The molecular weight excluding hydrogens is 766 g/mol. The van der Waals surface area contributed by atoms with Crippen molar-refractivity contribution in [2.75, 3.05) is 13.2 Å². The molecule has 0 radical (unpaired) electrons. The van der Waals surface area contributed by atoms with Gasteiger partial charge in [-0.1, -0.05) is 0 Å². The van der Waals surface area contributed by atoms with Gasteiger partial charge in [0.25, 0.3) is 0 Å². The second-order valence-corrected chi connectivity index (χ2v) is 37.9. The van der Waals surface area contributed by atoms with Gasteiger partial charge in [0.1, 0.15) is 0 Å². The summed E-state index contributed by atoms with van der Waals surface area (Å²) in [6, 6.07) is 0. The number of unbranched alkanes of at least 4 members (excludes halogenated alkanes) is 20. The fraction of sp³-hybridized carbons (Fsp3) is 1.00. The summed E-state index contributed by atoms with van der Waals surface area (Å²) in [5.41, 5.74) is 0. The summed E-state index contributed by atoms with van der Waals surface area (Å²) in [7, 11) is 0. The van der Waals surface area contributed by atoms with E-state index in [1.807, 2.05) is 0 Å². The van der Waals surface area contributed by atoms with Crippen LogP contribution >= 0.6 is 0 Å². The maximum absolute atomic E-state index is 8.01. The van der Waals surface area contributed by atoms with Gasteiger partial charge in [0.05, 0.1) is 0 Å². The average molecular weight is 853 g/mol. The molecule has 0 fully saturated rings. The zero-order chi connectivity index (χ0) is 33.5. The first-order valence-electron chi connectivity index (χ1n) is 20.8. The first-order chi connectivity index (χ1) is 21.8. The van der Waals surface area contributed by atoms with Crippen LogP contribution in [0.15, 0.2) is 0 Å². The Balaban J connectivity index is 6.17. The van der Waals surface area contributed by atoms with Crippen molar-refractivity contribution in [3.8, 4) is 0 Å². The number of hydrogen-bond donors (Lipinski definition) is 0. The van der Waals surface area contributed by atoms with Gasteiger partial charge in [-0.05, 0) is 0 Å². The summed E-state index contributed by atoms with van der Waals surface area (Å²) in [5, 5.41) is 0. The van der Waals surface area contributed by atoms with Crippen molar-refractivity contribution in [1.29, 1.82) is 0 Å². The fourth-order valence-electron chi connectivity index (χ4n) is 6.55. The zero-order valence-corrected chi connectivity index (χ0v) is 38.3. The third kappa shape index (κ3) is 27.9. The molecule has 45 heavy (non-hydrogen) atoms. The topological polar surface area (TPSA) is 27.7 Å². The Kier molecular flexibility index (Phi) is 33.7. The summed E-state index contributed by atoms with van der Waals surface area (Å²) in [6.07, 6.45) is 32.9. The van der Waals surface area contributed by atoms with Gasteiger partial charge < -0.3 is 0 Å². The van der Waals surface area contributed by atoms with Crippen molar-refractivity contribution in [2.45, 2.75) is 227 Å². The second kappa shape index (κ2) is 32.7. The molecule has 0 N–H and O–H groups in total. The average Bonchev–Trinajstić information content (AvgIpc) is 3.02. The van der Waals surface area contributed by atoms with Crippen molar-refractivity contribution in [2.24, 2.45) is 11.8 Å². The molecule has 3 nitrogen and oxygen atoms in total. The molecule has 0 aromatic rings. The quantitative estimate of drug-likeness (QED) is 0.0464. The van der Waals surface area contributed by atoms with Crippen LogP contribution < -0.4 is 0 Å². The van der Waals surface area contributed by atoms with Crippen molar-refractivity contribution in [3.63, 3.8) is 0 Å². The molecule has 0 aromatic carbocycles. The Morgan fingerprint density at radius 1 is 0.356 bits per heavy atom. The molecule has 5 heteroatoms. The van der Waals surface area contributed by atoms with Crippen molar-refractivity contribution in [3.05, 3.63) is 0 Å². The molecule has 0 atom stereocenters. The molecule has 0 saturated heterocycles. The molecule has 0 rings (SSSR count). The predicted molar refractivity (Wildman–Crippen MR) is 207 cm³/mol. The van der Waals surface area contributed by atoms with E-state index in [1.54, 1.807) is 0 Å². The molecule has 0 amide bonds. The van der Waals surface area contributed by atoms with Gasteiger partial charge >= 0.3 is 298 Å². The Bertz CT molecular complexity index is 545. The van der Waals surface area contributed by atoms with E-state index in [0.29, 0.717) is 11.8 Å². The van der Waals surface area contributed by atoms with Crippen LogP contribution in [0.1, 0.15) is 209 Å². The SMILES string of the molecule is CCCCCCC[CH2][Sn]([CH2]CCCCCCC)([CH2]CCCCCCC)[O][Sn]([CH2]CCCCCCC)([O]CC(C)C)[O]CC(C)C. The molecular formula is C40H86O3Sn2. The Morgan fingerprint density at radius 2 is 0.622 bits per heavy atom. The number of rotatable bonds is 36. The van der Waals surface area contributed by atoms with Crippen LogP contribution in [0.2, 0.25) is 17.7 Å². The molecule has 0 heterocycles. The van der Waals surface area contributed by atoms with Crippen LogP contribution in [0.5, 0.6) is 0 Å². The van der Waals surface area contributed by atoms with Crippen molar-refractivity contribution < 1.29 is 7.56 Å². The van der Waals surface area contributed by atoms with Crippen LogP contribution in [0.4, 0.5) is 0 Å². The second-order valence-electron chi connectivity index (χ2n) is 15.4. The summed E-state index contributed by atoms with van der Waals surface area (Å²) in [6.45, 7) is 20.2. The molecule has 0 aromatic heterocycles. The molecule has 0 bridgehead atoms. The van der Waals surface area contributed by atoms with Crippen LogP contribution in [0.25, 0.3) is 0 Å². The van der Waals surface area contributed by atoms with E-state index in [-0.39, 0.29) is 0 Å². The fourth-order valence-corrected chi connectivity index (χ4v) is 48.8. The summed E-state index contributed by atoms with van der Waals surface area (Å²) in [5.74, 6) is 1.05. The Hall–Kier alpha value is 1.48. The van der Waals surface area contributed by atoms with Gasteiger partial charge in [0.2, 0.25) is 0 Å². The van der Waals surface area contributed by atoms with E-state index in [0.717, 1.165) is 17.7 Å². The van der Waals surface area contributed by atoms with Gasteiger partial charge in [-0.15, -0.1) is 0 Å². The van der Waals surface area contributed by atoms with E-state index in [9.17, 15) is 0 Å². The molecule has 0 aliphatic heterocycles. The van der Waals surface area contributed by atoms with Crippen molar-refractivity contribution >= 4 is 38.4 Å². The van der Waals surface area contributed by atoms with Crippen LogP contribution in [0, 0.1) is 11.8 Å². The van der Waals surface area contributed by atoms with E-state index < -0.39 is 38.4 Å². The summed E-state index contributed by atoms with van der Waals surface area (Å²) < 4.78 is 27.6. The van der Waals surface area contributed by atoms with E-state index in [1.165, 1.54) is 167 Å². The molecule has 0 aliphatic carbocycles. The third-order valence-corrected chi connectivity index (χ3v) is 42.9. The van der Waals surface area contributed by atoms with Gasteiger partial charge in [-0.3, -0.25) is 0 Å². The normalized spacial score (nSPS) is 12.7. The van der Waals surface area contributed by atoms with Gasteiger partial charge in [0, 0.05) is 0 Å². The number of hydrogen-bond acceptors (Lipinski definition) is 3. The zero-order valence-electron chi connectivity index (χ0n) is 32.6. The molecule has 0 aliphatic rings. The van der Waals surface area contributed by atoms with E-state index >= 15 is 0 Å². The van der Waals surface area contributed by atoms with E-state index in [2.05, 4.69) is 55.4 Å². The summed E-state index contributed by atoms with van der Waals surface area (Å²) in [4.78, 5) is 0. The third-order valence-electron chi connectivity index (χ3n) is 9.44. The van der Waals surface area contributed by atoms with E-state index in [4.69, 9.17) is 7.56 Å². The van der Waals surface area contributed by atoms with Crippen molar-refractivity contribution in [1.82, 2.24) is 0 Å². The van der Waals surface area contributed by atoms with Gasteiger partial charge in [-0.2, -0.15) is 0 Å². The first kappa shape index (κ1) is 46.5. The summed E-state index contributed by atoms with van der Waals surface area (Å²) >= 11 is -6.79.